The van der Waals surface area contributed by atoms with Crippen molar-refractivity contribution in [2.24, 2.45) is 0 Å². The molecule has 0 aromatic heterocycles. The van der Waals surface area contributed by atoms with Crippen molar-refractivity contribution in [2.45, 2.75) is 0 Å². The molecule has 1 aliphatic heterocycles. The van der Waals surface area contributed by atoms with Gasteiger partial charge in [0.25, 0.3) is 0 Å². The van der Waals surface area contributed by atoms with Gasteiger partial charge in [-0.05, 0) is 27.6 Å². The molecule has 28 heavy (non-hydrogen) atoms. The summed E-state index contributed by atoms with van der Waals surface area (Å²) in [6.45, 7) is 1.18. The monoisotopic (exact) mass is 438 g/mol. The lowest BCUT2D eigenvalue weighted by atomic mass is 10.0. The van der Waals surface area contributed by atoms with Gasteiger partial charge in [0.15, 0.2) is 11.5 Å². The fraction of sp³-hybridized carbons (Fsp3) is 0.136. The number of benzene rings is 3. The molecule has 0 unspecified atom stereocenters. The number of fused-ring (bicyclic) bond motifs is 1. The van der Waals surface area contributed by atoms with E-state index in [4.69, 9.17) is 9.47 Å². The Labute approximate surface area is 171 Å². The molecule has 0 radical (unpaired) electrons. The van der Waals surface area contributed by atoms with E-state index in [1.165, 1.54) is 0 Å². The standard InChI is InChI=1S/C22H19BrN2O3/c23-17-12-20-21(28-11-10-27-20)13-19(17)24-14-22(26)25-18-9-5-4-8-16(18)15-6-2-1-3-7-15/h1-9,12-13,24H,10-11,14H2,(H,25,26). The van der Waals surface area contributed by atoms with Crippen LogP contribution in [0, 0.1) is 0 Å². The van der Waals surface area contributed by atoms with Crippen LogP contribution in [0.1, 0.15) is 0 Å². The van der Waals surface area contributed by atoms with Crippen molar-refractivity contribution in [3.63, 3.8) is 0 Å². The highest BCUT2D eigenvalue weighted by molar-refractivity contribution is 9.10. The van der Waals surface area contributed by atoms with Crippen LogP contribution in [0.4, 0.5) is 11.4 Å². The number of halogens is 1. The summed E-state index contributed by atoms with van der Waals surface area (Å²) in [5.41, 5.74) is 3.59. The van der Waals surface area contributed by atoms with E-state index in [0.29, 0.717) is 24.7 Å². The first-order valence-electron chi connectivity index (χ1n) is 8.98. The molecule has 1 heterocycles. The Morgan fingerprint density at radius 1 is 0.893 bits per heavy atom. The molecule has 0 atom stereocenters. The van der Waals surface area contributed by atoms with Gasteiger partial charge in [-0.2, -0.15) is 0 Å². The van der Waals surface area contributed by atoms with Gasteiger partial charge >= 0.3 is 0 Å². The molecule has 2 N–H and O–H groups in total. The average Bonchev–Trinajstić information content (AvgIpc) is 2.73. The summed E-state index contributed by atoms with van der Waals surface area (Å²) in [5, 5.41) is 6.14. The maximum Gasteiger partial charge on any atom is 0.243 e. The zero-order chi connectivity index (χ0) is 19.3. The highest BCUT2D eigenvalue weighted by atomic mass is 79.9. The fourth-order valence-electron chi connectivity index (χ4n) is 3.03. The van der Waals surface area contributed by atoms with Crippen LogP contribution >= 0.6 is 15.9 Å². The predicted molar refractivity (Wildman–Crippen MR) is 114 cm³/mol. The molecule has 1 aliphatic rings. The Morgan fingerprint density at radius 2 is 1.57 bits per heavy atom. The van der Waals surface area contributed by atoms with E-state index >= 15 is 0 Å². The minimum atomic E-state index is -0.134. The largest absolute Gasteiger partial charge is 0.486 e. The van der Waals surface area contributed by atoms with E-state index in [1.807, 2.05) is 66.7 Å². The fourth-order valence-corrected chi connectivity index (χ4v) is 3.49. The molecule has 1 amide bonds. The van der Waals surface area contributed by atoms with E-state index in [2.05, 4.69) is 26.6 Å². The van der Waals surface area contributed by atoms with Gasteiger partial charge in [-0.1, -0.05) is 48.5 Å². The van der Waals surface area contributed by atoms with Crippen molar-refractivity contribution in [1.82, 2.24) is 0 Å². The molecule has 142 valence electrons. The van der Waals surface area contributed by atoms with Crippen LogP contribution in [-0.2, 0) is 4.79 Å². The van der Waals surface area contributed by atoms with Gasteiger partial charge in [0.1, 0.15) is 13.2 Å². The number of rotatable bonds is 5. The molecule has 3 aromatic carbocycles. The Hall–Kier alpha value is -2.99. The Morgan fingerprint density at radius 3 is 2.36 bits per heavy atom. The molecule has 0 fully saturated rings. The maximum absolute atomic E-state index is 12.5. The Balaban J connectivity index is 1.45. The van der Waals surface area contributed by atoms with Crippen molar-refractivity contribution >= 4 is 33.2 Å². The molecule has 4 rings (SSSR count). The van der Waals surface area contributed by atoms with Gasteiger partial charge in [0, 0.05) is 27.9 Å². The molecule has 6 heteroatoms. The van der Waals surface area contributed by atoms with Crippen LogP contribution < -0.4 is 20.1 Å². The topological polar surface area (TPSA) is 59.6 Å². The van der Waals surface area contributed by atoms with Gasteiger partial charge < -0.3 is 20.1 Å². The molecule has 0 aliphatic carbocycles. The zero-order valence-corrected chi connectivity index (χ0v) is 16.7. The predicted octanol–water partition coefficient (Wildman–Crippen LogP) is 4.94. The highest BCUT2D eigenvalue weighted by Gasteiger charge is 2.15. The van der Waals surface area contributed by atoms with Crippen molar-refractivity contribution in [1.29, 1.82) is 0 Å². The van der Waals surface area contributed by atoms with E-state index < -0.39 is 0 Å². The number of para-hydroxylation sites is 1. The van der Waals surface area contributed by atoms with Crippen molar-refractivity contribution in [3.8, 4) is 22.6 Å². The lowest BCUT2D eigenvalue weighted by molar-refractivity contribution is -0.114. The van der Waals surface area contributed by atoms with Crippen LogP contribution in [0.3, 0.4) is 0 Å². The van der Waals surface area contributed by atoms with E-state index in [0.717, 1.165) is 27.0 Å². The first-order valence-corrected chi connectivity index (χ1v) is 9.77. The lowest BCUT2D eigenvalue weighted by Gasteiger charge is -2.20. The van der Waals surface area contributed by atoms with Crippen LogP contribution in [0.2, 0.25) is 0 Å². The summed E-state index contributed by atoms with van der Waals surface area (Å²) in [5.74, 6) is 1.24. The summed E-state index contributed by atoms with van der Waals surface area (Å²) >= 11 is 3.50. The van der Waals surface area contributed by atoms with Gasteiger partial charge in [0.2, 0.25) is 5.91 Å². The Kier molecular flexibility index (Phi) is 5.48. The van der Waals surface area contributed by atoms with Crippen molar-refractivity contribution < 1.29 is 14.3 Å². The number of anilines is 2. The third-order valence-corrected chi connectivity index (χ3v) is 5.01. The second-order valence-electron chi connectivity index (χ2n) is 6.29. The van der Waals surface area contributed by atoms with Gasteiger partial charge in [-0.25, -0.2) is 0 Å². The third-order valence-electron chi connectivity index (χ3n) is 4.36. The first kappa shape index (κ1) is 18.4. The highest BCUT2D eigenvalue weighted by Crippen LogP contribution is 2.38. The second kappa shape index (κ2) is 8.35. The summed E-state index contributed by atoms with van der Waals surface area (Å²) in [6, 6.07) is 21.4. The van der Waals surface area contributed by atoms with Crippen molar-refractivity contribution in [2.75, 3.05) is 30.4 Å². The maximum atomic E-state index is 12.5. The normalized spacial score (nSPS) is 12.3. The number of hydrogen-bond donors (Lipinski definition) is 2. The molecule has 5 nitrogen and oxygen atoms in total. The van der Waals surface area contributed by atoms with Crippen LogP contribution in [-0.4, -0.2) is 25.7 Å². The molecule has 0 spiro atoms. The number of carbonyl (C=O) groups is 1. The molecule has 0 bridgehead atoms. The molecule has 0 saturated heterocycles. The molecule has 0 saturated carbocycles. The van der Waals surface area contributed by atoms with Crippen molar-refractivity contribution in [3.05, 3.63) is 71.2 Å². The minimum Gasteiger partial charge on any atom is -0.486 e. The Bertz CT molecular complexity index is 992. The van der Waals surface area contributed by atoms with E-state index in [-0.39, 0.29) is 12.5 Å². The zero-order valence-electron chi connectivity index (χ0n) is 15.1. The van der Waals surface area contributed by atoms with Gasteiger partial charge in [0.05, 0.1) is 12.2 Å². The number of nitrogens with one attached hydrogen (secondary N) is 2. The molecular formula is C22H19BrN2O3. The van der Waals surface area contributed by atoms with E-state index in [1.54, 1.807) is 0 Å². The SMILES string of the molecule is O=C(CNc1cc2c(cc1Br)OCCO2)Nc1ccccc1-c1ccccc1. The quantitative estimate of drug-likeness (QED) is 0.592. The third kappa shape index (κ3) is 4.12. The van der Waals surface area contributed by atoms with Crippen LogP contribution in [0.25, 0.3) is 11.1 Å². The lowest BCUT2D eigenvalue weighted by Crippen LogP contribution is -2.22. The number of carbonyl (C=O) groups excluding carboxylic acids is 1. The number of hydrogen-bond acceptors (Lipinski definition) is 4. The first-order chi connectivity index (χ1) is 13.7. The summed E-state index contributed by atoms with van der Waals surface area (Å²) in [7, 11) is 0. The van der Waals surface area contributed by atoms with Gasteiger partial charge in [-0.3, -0.25) is 4.79 Å². The number of amides is 1. The second-order valence-corrected chi connectivity index (χ2v) is 7.14. The average molecular weight is 439 g/mol. The minimum absolute atomic E-state index is 0.126. The van der Waals surface area contributed by atoms with Crippen LogP contribution in [0.5, 0.6) is 11.5 Å². The number of ether oxygens (including phenoxy) is 2. The van der Waals surface area contributed by atoms with E-state index in [9.17, 15) is 4.79 Å². The smallest absolute Gasteiger partial charge is 0.243 e. The molecule has 3 aromatic rings. The summed E-state index contributed by atoms with van der Waals surface area (Å²) < 4.78 is 12.0. The molecular weight excluding hydrogens is 420 g/mol. The van der Waals surface area contributed by atoms with Gasteiger partial charge in [-0.15, -0.1) is 0 Å². The van der Waals surface area contributed by atoms with Crippen LogP contribution in [0.15, 0.2) is 71.2 Å². The summed E-state index contributed by atoms with van der Waals surface area (Å²) in [4.78, 5) is 12.5. The summed E-state index contributed by atoms with van der Waals surface area (Å²) in [6.07, 6.45) is 0.